The standard InChI is InChI=1S/C7H14N4O/c1-11-5-6(9-10-11)4-7(12)2-3-8/h5,7,12H,2-4,8H2,1H3. The van der Waals surface area contributed by atoms with E-state index in [0.717, 1.165) is 5.69 Å². The number of rotatable bonds is 4. The second-order valence-electron chi connectivity index (χ2n) is 2.82. The molecule has 5 heteroatoms. The number of aliphatic hydroxyl groups excluding tert-OH is 1. The van der Waals surface area contributed by atoms with Crippen molar-refractivity contribution < 1.29 is 5.11 Å². The summed E-state index contributed by atoms with van der Waals surface area (Å²) in [6, 6.07) is 0. The predicted molar refractivity (Wildman–Crippen MR) is 44.4 cm³/mol. The van der Waals surface area contributed by atoms with Gasteiger partial charge in [0.05, 0.1) is 11.8 Å². The van der Waals surface area contributed by atoms with E-state index in [1.807, 2.05) is 0 Å². The lowest BCUT2D eigenvalue weighted by atomic mass is 10.1. The Hall–Kier alpha value is -0.940. The molecule has 1 aromatic rings. The minimum Gasteiger partial charge on any atom is -0.393 e. The van der Waals surface area contributed by atoms with Crippen molar-refractivity contribution in [3.05, 3.63) is 11.9 Å². The van der Waals surface area contributed by atoms with E-state index < -0.39 is 6.10 Å². The molecule has 68 valence electrons. The van der Waals surface area contributed by atoms with Crippen LogP contribution in [0.2, 0.25) is 0 Å². The zero-order valence-electron chi connectivity index (χ0n) is 7.14. The van der Waals surface area contributed by atoms with Gasteiger partial charge < -0.3 is 10.8 Å². The molecule has 1 aromatic heterocycles. The van der Waals surface area contributed by atoms with Gasteiger partial charge in [0.2, 0.25) is 0 Å². The van der Waals surface area contributed by atoms with Gasteiger partial charge >= 0.3 is 0 Å². The molecule has 1 rings (SSSR count). The molecule has 1 unspecified atom stereocenters. The number of aryl methyl sites for hydroxylation is 1. The number of hydrogen-bond donors (Lipinski definition) is 2. The third kappa shape index (κ3) is 2.60. The van der Waals surface area contributed by atoms with Crippen LogP contribution in [0.3, 0.4) is 0 Å². The van der Waals surface area contributed by atoms with E-state index >= 15 is 0 Å². The number of nitrogens with two attached hydrogens (primary N) is 1. The summed E-state index contributed by atoms with van der Waals surface area (Å²) in [5, 5.41) is 17.0. The molecule has 0 saturated carbocycles. The first-order valence-electron chi connectivity index (χ1n) is 3.95. The second kappa shape index (κ2) is 4.18. The van der Waals surface area contributed by atoms with Crippen LogP contribution in [0.5, 0.6) is 0 Å². The molecule has 0 aromatic carbocycles. The Bertz CT molecular complexity index is 235. The summed E-state index contributed by atoms with van der Waals surface area (Å²) < 4.78 is 1.62. The predicted octanol–water partition coefficient (Wildman–Crippen LogP) is -0.933. The molecule has 0 aliphatic rings. The maximum Gasteiger partial charge on any atom is 0.0852 e. The number of aromatic nitrogens is 3. The Morgan fingerprint density at radius 1 is 1.75 bits per heavy atom. The summed E-state index contributed by atoms with van der Waals surface area (Å²) in [4.78, 5) is 0. The summed E-state index contributed by atoms with van der Waals surface area (Å²) >= 11 is 0. The lowest BCUT2D eigenvalue weighted by Gasteiger charge is -2.04. The van der Waals surface area contributed by atoms with Crippen molar-refractivity contribution in [2.24, 2.45) is 12.8 Å². The van der Waals surface area contributed by atoms with E-state index in [9.17, 15) is 5.11 Å². The van der Waals surface area contributed by atoms with Crippen LogP contribution in [0.1, 0.15) is 12.1 Å². The Morgan fingerprint density at radius 3 is 3.00 bits per heavy atom. The van der Waals surface area contributed by atoms with Gasteiger partial charge in [0.25, 0.3) is 0 Å². The summed E-state index contributed by atoms with van der Waals surface area (Å²) in [6.45, 7) is 0.501. The second-order valence-corrected chi connectivity index (χ2v) is 2.82. The molecule has 3 N–H and O–H groups in total. The van der Waals surface area contributed by atoms with Gasteiger partial charge in [-0.25, -0.2) is 0 Å². The average Bonchev–Trinajstić information content (AvgIpc) is 2.36. The van der Waals surface area contributed by atoms with Gasteiger partial charge in [-0.15, -0.1) is 5.10 Å². The van der Waals surface area contributed by atoms with Gasteiger partial charge in [0.15, 0.2) is 0 Å². The molecule has 0 aliphatic heterocycles. The van der Waals surface area contributed by atoms with Crippen LogP contribution in [0, 0.1) is 0 Å². The van der Waals surface area contributed by atoms with Crippen LogP contribution in [0.4, 0.5) is 0 Å². The highest BCUT2D eigenvalue weighted by molar-refractivity contribution is 4.93. The average molecular weight is 170 g/mol. The highest BCUT2D eigenvalue weighted by Crippen LogP contribution is 2.00. The lowest BCUT2D eigenvalue weighted by molar-refractivity contribution is 0.166. The zero-order valence-corrected chi connectivity index (χ0v) is 7.14. The molecule has 0 spiro atoms. The topological polar surface area (TPSA) is 77.0 Å². The van der Waals surface area contributed by atoms with E-state index in [1.165, 1.54) is 0 Å². The molecule has 12 heavy (non-hydrogen) atoms. The van der Waals surface area contributed by atoms with Gasteiger partial charge in [-0.1, -0.05) is 5.21 Å². The molecule has 0 fully saturated rings. The van der Waals surface area contributed by atoms with Crippen molar-refractivity contribution in [2.75, 3.05) is 6.54 Å². The van der Waals surface area contributed by atoms with Gasteiger partial charge in [-0.2, -0.15) is 0 Å². The van der Waals surface area contributed by atoms with Gasteiger partial charge in [-0.3, -0.25) is 4.68 Å². The van der Waals surface area contributed by atoms with Crippen molar-refractivity contribution in [1.82, 2.24) is 15.0 Å². The molecule has 1 atom stereocenters. The van der Waals surface area contributed by atoms with Crippen molar-refractivity contribution >= 4 is 0 Å². The third-order valence-electron chi connectivity index (χ3n) is 1.59. The molecular formula is C7H14N4O. The monoisotopic (exact) mass is 170 g/mol. The van der Waals surface area contributed by atoms with Crippen molar-refractivity contribution in [1.29, 1.82) is 0 Å². The smallest absolute Gasteiger partial charge is 0.0852 e. The number of aliphatic hydroxyl groups is 1. The van der Waals surface area contributed by atoms with E-state index in [2.05, 4.69) is 10.3 Å². The highest BCUT2D eigenvalue weighted by Gasteiger charge is 2.06. The van der Waals surface area contributed by atoms with Crippen LogP contribution in [0.25, 0.3) is 0 Å². The third-order valence-corrected chi connectivity index (χ3v) is 1.59. The number of nitrogens with zero attached hydrogens (tertiary/aromatic N) is 3. The molecule has 0 amide bonds. The first kappa shape index (κ1) is 9.15. The maximum atomic E-state index is 9.35. The van der Waals surface area contributed by atoms with Crippen LogP contribution < -0.4 is 5.73 Å². The molecule has 0 bridgehead atoms. The van der Waals surface area contributed by atoms with Crippen LogP contribution in [0.15, 0.2) is 6.20 Å². The molecule has 5 nitrogen and oxygen atoms in total. The molecular weight excluding hydrogens is 156 g/mol. The van der Waals surface area contributed by atoms with Crippen molar-refractivity contribution in [3.8, 4) is 0 Å². The molecule has 0 saturated heterocycles. The Labute approximate surface area is 71.2 Å². The first-order valence-corrected chi connectivity index (χ1v) is 3.95. The summed E-state index contributed by atoms with van der Waals surface area (Å²) in [6.07, 6.45) is 2.54. The van der Waals surface area contributed by atoms with E-state index in [0.29, 0.717) is 19.4 Å². The van der Waals surface area contributed by atoms with Crippen molar-refractivity contribution in [2.45, 2.75) is 18.9 Å². The number of hydrogen-bond acceptors (Lipinski definition) is 4. The zero-order chi connectivity index (χ0) is 8.97. The van der Waals surface area contributed by atoms with Gasteiger partial charge in [0.1, 0.15) is 0 Å². The highest BCUT2D eigenvalue weighted by atomic mass is 16.3. The summed E-state index contributed by atoms with van der Waals surface area (Å²) in [5.74, 6) is 0. The fourth-order valence-corrected chi connectivity index (χ4v) is 1.02. The minimum atomic E-state index is -0.397. The quantitative estimate of drug-likeness (QED) is 0.612. The van der Waals surface area contributed by atoms with E-state index in [1.54, 1.807) is 17.9 Å². The lowest BCUT2D eigenvalue weighted by Crippen LogP contribution is -2.16. The largest absolute Gasteiger partial charge is 0.393 e. The van der Waals surface area contributed by atoms with Crippen molar-refractivity contribution in [3.63, 3.8) is 0 Å². The Kier molecular flexibility index (Phi) is 3.19. The summed E-state index contributed by atoms with van der Waals surface area (Å²) in [7, 11) is 1.80. The maximum absolute atomic E-state index is 9.35. The SMILES string of the molecule is Cn1cc(CC(O)CCN)nn1. The van der Waals surface area contributed by atoms with Gasteiger partial charge in [-0.05, 0) is 13.0 Å². The molecule has 0 radical (unpaired) electrons. The van der Waals surface area contributed by atoms with Gasteiger partial charge in [0, 0.05) is 19.7 Å². The summed E-state index contributed by atoms with van der Waals surface area (Å²) in [5.41, 5.74) is 6.09. The fraction of sp³-hybridized carbons (Fsp3) is 0.714. The first-order chi connectivity index (χ1) is 5.72. The Morgan fingerprint density at radius 2 is 2.50 bits per heavy atom. The molecule has 1 heterocycles. The minimum absolute atomic E-state index is 0.397. The Balaban J connectivity index is 2.41. The van der Waals surface area contributed by atoms with E-state index in [-0.39, 0.29) is 0 Å². The fourth-order valence-electron chi connectivity index (χ4n) is 1.02. The van der Waals surface area contributed by atoms with E-state index in [4.69, 9.17) is 5.73 Å². The van der Waals surface area contributed by atoms with Crippen LogP contribution >= 0.6 is 0 Å². The van der Waals surface area contributed by atoms with Crippen LogP contribution in [-0.2, 0) is 13.5 Å². The normalized spacial score (nSPS) is 13.2. The van der Waals surface area contributed by atoms with Crippen LogP contribution in [-0.4, -0.2) is 32.7 Å². The molecule has 0 aliphatic carbocycles.